The molecule has 1 aliphatic rings. The second-order valence-electron chi connectivity index (χ2n) is 5.80. The number of aliphatic hydroxyl groups is 1. The molecule has 0 spiro atoms. The number of aliphatic hydroxyl groups excluding tert-OH is 1. The Morgan fingerprint density at radius 1 is 1.36 bits per heavy atom. The molecule has 0 saturated carbocycles. The minimum Gasteiger partial charge on any atom is -0.427 e. The second kappa shape index (κ2) is 7.27. The molecule has 1 N–H and O–H groups in total. The summed E-state index contributed by atoms with van der Waals surface area (Å²) in [7, 11) is 0. The fraction of sp³-hybridized carbons (Fsp3) is 0.471. The Morgan fingerprint density at radius 3 is 2.95 bits per heavy atom. The van der Waals surface area contributed by atoms with E-state index in [9.17, 15) is 9.90 Å². The molecule has 4 nitrogen and oxygen atoms in total. The standard InChI is InChI=1S/C17H21NO3.ClH/c1-12-4-2-6-15-16(12)10-14(21-17(15)20)7-9-18-8-3-5-13(18)11-19;/h2,4,6,10,13,19H,3,5,7-9,11H2,1H3;1H/t13-;/m1./s1. The first-order valence-electron chi connectivity index (χ1n) is 7.56. The van der Waals surface area contributed by atoms with Crippen LogP contribution >= 0.6 is 12.4 Å². The van der Waals surface area contributed by atoms with Crippen LogP contribution in [-0.4, -0.2) is 35.7 Å². The van der Waals surface area contributed by atoms with E-state index >= 15 is 0 Å². The quantitative estimate of drug-likeness (QED) is 0.939. The smallest absolute Gasteiger partial charge is 0.343 e. The first-order valence-corrected chi connectivity index (χ1v) is 7.56. The minimum atomic E-state index is -0.258. The zero-order chi connectivity index (χ0) is 14.8. The van der Waals surface area contributed by atoms with Crippen molar-refractivity contribution in [3.63, 3.8) is 0 Å². The van der Waals surface area contributed by atoms with Crippen LogP contribution in [0, 0.1) is 6.92 Å². The lowest BCUT2D eigenvalue weighted by atomic mass is 10.1. The third-order valence-corrected chi connectivity index (χ3v) is 4.43. The van der Waals surface area contributed by atoms with Gasteiger partial charge in [0.15, 0.2) is 0 Å². The summed E-state index contributed by atoms with van der Waals surface area (Å²) in [5.74, 6) is 0.727. The number of nitrogens with zero attached hydrogens (tertiary/aromatic N) is 1. The van der Waals surface area contributed by atoms with Gasteiger partial charge in [0, 0.05) is 19.0 Å². The first kappa shape index (κ1) is 17.0. The van der Waals surface area contributed by atoms with Gasteiger partial charge in [0.05, 0.1) is 12.0 Å². The Kier molecular flexibility index (Phi) is 5.62. The fourth-order valence-corrected chi connectivity index (χ4v) is 3.19. The van der Waals surface area contributed by atoms with Gasteiger partial charge in [0.25, 0.3) is 0 Å². The van der Waals surface area contributed by atoms with Gasteiger partial charge < -0.3 is 9.52 Å². The number of aryl methyl sites for hydroxylation is 1. The third-order valence-electron chi connectivity index (χ3n) is 4.43. The Balaban J connectivity index is 0.00000176. The van der Waals surface area contributed by atoms with Crippen LogP contribution in [0.5, 0.6) is 0 Å². The van der Waals surface area contributed by atoms with Crippen molar-refractivity contribution in [1.82, 2.24) is 4.90 Å². The van der Waals surface area contributed by atoms with Gasteiger partial charge in [0.2, 0.25) is 0 Å². The molecule has 0 bridgehead atoms. The molecular weight excluding hydrogens is 302 g/mol. The van der Waals surface area contributed by atoms with Crippen molar-refractivity contribution < 1.29 is 9.52 Å². The highest BCUT2D eigenvalue weighted by Crippen LogP contribution is 2.19. The highest BCUT2D eigenvalue weighted by Gasteiger charge is 2.23. The molecule has 1 atom stereocenters. The highest BCUT2D eigenvalue weighted by molar-refractivity contribution is 5.85. The molecule has 0 unspecified atom stereocenters. The first-order chi connectivity index (χ1) is 10.2. The molecule has 3 rings (SSSR count). The van der Waals surface area contributed by atoms with Crippen molar-refractivity contribution in [1.29, 1.82) is 0 Å². The van der Waals surface area contributed by atoms with Crippen molar-refractivity contribution in [2.24, 2.45) is 0 Å². The molecular formula is C17H22ClNO3. The summed E-state index contributed by atoms with van der Waals surface area (Å²) in [6.07, 6.45) is 2.89. The van der Waals surface area contributed by atoms with E-state index in [1.54, 1.807) is 6.07 Å². The van der Waals surface area contributed by atoms with Crippen LogP contribution in [0.25, 0.3) is 10.8 Å². The van der Waals surface area contributed by atoms with E-state index in [0.717, 1.165) is 42.6 Å². The molecule has 22 heavy (non-hydrogen) atoms. The number of halogens is 1. The molecule has 5 heteroatoms. The number of likely N-dealkylation sites (tertiary alicyclic amines) is 1. The average molecular weight is 324 g/mol. The van der Waals surface area contributed by atoms with Crippen LogP contribution in [0.3, 0.4) is 0 Å². The average Bonchev–Trinajstić information content (AvgIpc) is 2.94. The van der Waals surface area contributed by atoms with Crippen LogP contribution in [-0.2, 0) is 6.42 Å². The van der Waals surface area contributed by atoms with Crippen molar-refractivity contribution in [2.75, 3.05) is 19.7 Å². The fourth-order valence-electron chi connectivity index (χ4n) is 3.19. The SMILES string of the molecule is Cc1cccc2c(=O)oc(CCN3CCC[C@@H]3CO)cc12.Cl. The highest BCUT2D eigenvalue weighted by atomic mass is 35.5. The summed E-state index contributed by atoms with van der Waals surface area (Å²) in [4.78, 5) is 14.3. The van der Waals surface area contributed by atoms with Gasteiger partial charge in [-0.3, -0.25) is 4.90 Å². The Hall–Kier alpha value is -1.36. The van der Waals surface area contributed by atoms with Crippen molar-refractivity contribution in [3.8, 4) is 0 Å². The molecule has 0 amide bonds. The maximum Gasteiger partial charge on any atom is 0.343 e. The van der Waals surface area contributed by atoms with E-state index in [2.05, 4.69) is 4.90 Å². The summed E-state index contributed by atoms with van der Waals surface area (Å²) < 4.78 is 5.43. The molecule has 2 heterocycles. The van der Waals surface area contributed by atoms with E-state index in [4.69, 9.17) is 4.42 Å². The van der Waals surface area contributed by atoms with Gasteiger partial charge in [-0.05, 0) is 49.4 Å². The van der Waals surface area contributed by atoms with Gasteiger partial charge in [-0.1, -0.05) is 12.1 Å². The molecule has 0 radical (unpaired) electrons. The Morgan fingerprint density at radius 2 is 2.18 bits per heavy atom. The van der Waals surface area contributed by atoms with Gasteiger partial charge in [-0.25, -0.2) is 4.79 Å². The van der Waals surface area contributed by atoms with E-state index in [1.807, 2.05) is 25.1 Å². The normalized spacial score (nSPS) is 18.5. The Bertz CT molecular complexity index is 698. The topological polar surface area (TPSA) is 53.7 Å². The van der Waals surface area contributed by atoms with E-state index < -0.39 is 0 Å². The molecule has 1 aliphatic heterocycles. The van der Waals surface area contributed by atoms with Gasteiger partial charge >= 0.3 is 5.63 Å². The maximum absolute atomic E-state index is 12.0. The molecule has 120 valence electrons. The lowest BCUT2D eigenvalue weighted by molar-refractivity contribution is 0.158. The van der Waals surface area contributed by atoms with Crippen LogP contribution in [0.15, 0.2) is 33.5 Å². The van der Waals surface area contributed by atoms with Gasteiger partial charge in [-0.2, -0.15) is 0 Å². The van der Waals surface area contributed by atoms with Crippen molar-refractivity contribution >= 4 is 23.2 Å². The van der Waals surface area contributed by atoms with Crippen molar-refractivity contribution in [3.05, 3.63) is 46.0 Å². The lowest BCUT2D eigenvalue weighted by Crippen LogP contribution is -2.33. The molecule has 1 aromatic heterocycles. The van der Waals surface area contributed by atoms with Crippen molar-refractivity contribution in [2.45, 2.75) is 32.2 Å². The van der Waals surface area contributed by atoms with E-state index in [-0.39, 0.29) is 30.7 Å². The summed E-state index contributed by atoms with van der Waals surface area (Å²) in [6.45, 7) is 4.06. The third kappa shape index (κ3) is 3.35. The van der Waals surface area contributed by atoms with Crippen LogP contribution in [0.4, 0.5) is 0 Å². The molecule has 0 aliphatic carbocycles. The minimum absolute atomic E-state index is 0. The van der Waals surface area contributed by atoms with Crippen LogP contribution < -0.4 is 5.63 Å². The molecule has 2 aromatic rings. The molecule has 1 saturated heterocycles. The van der Waals surface area contributed by atoms with Gasteiger partial charge in [-0.15, -0.1) is 12.4 Å². The predicted octanol–water partition coefficient (Wildman–Crippen LogP) is 2.52. The molecule has 1 aromatic carbocycles. The summed E-state index contributed by atoms with van der Waals surface area (Å²) >= 11 is 0. The van der Waals surface area contributed by atoms with Crippen LogP contribution in [0.1, 0.15) is 24.2 Å². The number of fused-ring (bicyclic) bond motifs is 1. The summed E-state index contributed by atoms with van der Waals surface area (Å²) in [5, 5.41) is 11.0. The van der Waals surface area contributed by atoms with E-state index in [1.165, 1.54) is 0 Å². The monoisotopic (exact) mass is 323 g/mol. The predicted molar refractivity (Wildman–Crippen MR) is 89.9 cm³/mol. The summed E-state index contributed by atoms with van der Waals surface area (Å²) in [6, 6.07) is 7.94. The summed E-state index contributed by atoms with van der Waals surface area (Å²) in [5.41, 5.74) is 0.836. The Labute approximate surface area is 136 Å². The molecule has 1 fully saturated rings. The number of hydrogen-bond donors (Lipinski definition) is 1. The zero-order valence-electron chi connectivity index (χ0n) is 12.7. The largest absolute Gasteiger partial charge is 0.427 e. The van der Waals surface area contributed by atoms with E-state index in [0.29, 0.717) is 11.8 Å². The van der Waals surface area contributed by atoms with Crippen LogP contribution in [0.2, 0.25) is 0 Å². The number of rotatable bonds is 4. The van der Waals surface area contributed by atoms with Gasteiger partial charge in [0.1, 0.15) is 5.76 Å². The zero-order valence-corrected chi connectivity index (χ0v) is 13.6. The number of benzene rings is 1. The maximum atomic E-state index is 12.0. The number of hydrogen-bond acceptors (Lipinski definition) is 4. The second-order valence-corrected chi connectivity index (χ2v) is 5.80. The lowest BCUT2D eigenvalue weighted by Gasteiger charge is -2.22.